The molecule has 2 N–H and O–H groups in total. The van der Waals surface area contributed by atoms with Gasteiger partial charge in [0, 0.05) is 0 Å². The van der Waals surface area contributed by atoms with Gasteiger partial charge in [0.2, 0.25) is 0 Å². The van der Waals surface area contributed by atoms with Crippen molar-refractivity contribution >= 4 is 10.9 Å². The lowest BCUT2D eigenvalue weighted by atomic mass is 10.2. The number of hydrogen-bond donors (Lipinski definition) is 2. The number of phenolic OH excluding ortho intramolecular Hbond substituents is 1. The Bertz CT molecular complexity index is 577. The molecule has 1 atom stereocenters. The smallest absolute Gasteiger partial charge is 0.262 e. The van der Waals surface area contributed by atoms with Crippen molar-refractivity contribution in [2.24, 2.45) is 0 Å². The Kier molecular flexibility index (Phi) is 2.62. The van der Waals surface area contributed by atoms with Crippen molar-refractivity contribution in [2.45, 2.75) is 13.1 Å². The number of nitrogens with zero attached hydrogens (tertiary/aromatic N) is 2. The van der Waals surface area contributed by atoms with Gasteiger partial charge in [-0.05, 0) is 32.2 Å². The third-order valence-corrected chi connectivity index (χ3v) is 2.60. The van der Waals surface area contributed by atoms with Gasteiger partial charge in [0.1, 0.15) is 5.75 Å². The summed E-state index contributed by atoms with van der Waals surface area (Å²) in [7, 11) is 1.77. The van der Waals surface area contributed by atoms with E-state index in [4.69, 9.17) is 0 Å². The molecular weight excluding hydrogens is 206 g/mol. The molecule has 2 aromatic rings. The van der Waals surface area contributed by atoms with Crippen LogP contribution in [0.3, 0.4) is 0 Å². The molecule has 0 spiro atoms. The van der Waals surface area contributed by atoms with Crippen LogP contribution in [-0.4, -0.2) is 21.7 Å². The maximum Gasteiger partial charge on any atom is 0.262 e. The number of aromatic nitrogens is 2. The topological polar surface area (TPSA) is 67.2 Å². The van der Waals surface area contributed by atoms with E-state index in [0.717, 1.165) is 0 Å². The van der Waals surface area contributed by atoms with E-state index in [9.17, 15) is 9.90 Å². The van der Waals surface area contributed by atoms with Crippen LogP contribution in [0.4, 0.5) is 0 Å². The van der Waals surface area contributed by atoms with E-state index in [1.54, 1.807) is 13.1 Å². The summed E-state index contributed by atoms with van der Waals surface area (Å²) in [6.07, 6.45) is 1.37. The van der Waals surface area contributed by atoms with Crippen LogP contribution in [0.2, 0.25) is 0 Å². The maximum atomic E-state index is 12.1. The van der Waals surface area contributed by atoms with Gasteiger partial charge >= 0.3 is 0 Å². The van der Waals surface area contributed by atoms with Gasteiger partial charge in [-0.15, -0.1) is 0 Å². The summed E-state index contributed by atoms with van der Waals surface area (Å²) >= 11 is 0. The van der Waals surface area contributed by atoms with Crippen LogP contribution < -0.4 is 10.9 Å². The van der Waals surface area contributed by atoms with E-state index < -0.39 is 0 Å². The maximum absolute atomic E-state index is 12.1. The first-order valence-corrected chi connectivity index (χ1v) is 5.00. The van der Waals surface area contributed by atoms with Crippen molar-refractivity contribution in [1.29, 1.82) is 0 Å². The Morgan fingerprint density at radius 1 is 1.50 bits per heavy atom. The van der Waals surface area contributed by atoms with Crippen LogP contribution in [0.15, 0.2) is 29.3 Å². The zero-order valence-electron chi connectivity index (χ0n) is 9.14. The van der Waals surface area contributed by atoms with Crippen molar-refractivity contribution in [3.05, 3.63) is 34.9 Å². The summed E-state index contributed by atoms with van der Waals surface area (Å²) in [6.45, 7) is 1.86. The second-order valence-corrected chi connectivity index (χ2v) is 3.62. The molecule has 0 aliphatic rings. The quantitative estimate of drug-likeness (QED) is 0.785. The molecule has 0 bridgehead atoms. The molecule has 1 aromatic heterocycles. The highest BCUT2D eigenvalue weighted by Gasteiger charge is 2.08. The van der Waals surface area contributed by atoms with Crippen molar-refractivity contribution in [1.82, 2.24) is 14.9 Å². The Morgan fingerprint density at radius 3 is 2.94 bits per heavy atom. The molecule has 5 nitrogen and oxygen atoms in total. The molecule has 0 aliphatic carbocycles. The second kappa shape index (κ2) is 3.94. The second-order valence-electron chi connectivity index (χ2n) is 3.62. The Labute approximate surface area is 92.4 Å². The standard InChI is InChI=1S/C11H13N3O2/c1-7(12-2)14-6-13-10-4-3-8(15)5-9(10)11(14)16/h3-7,12,15H,1-2H3. The minimum absolute atomic E-state index is 0.0706. The highest BCUT2D eigenvalue weighted by molar-refractivity contribution is 5.78. The third kappa shape index (κ3) is 1.65. The first-order valence-electron chi connectivity index (χ1n) is 5.00. The largest absolute Gasteiger partial charge is 0.508 e. The molecule has 0 aliphatic heterocycles. The fourth-order valence-corrected chi connectivity index (χ4v) is 1.54. The summed E-state index contributed by atoms with van der Waals surface area (Å²) in [5.41, 5.74) is 0.421. The van der Waals surface area contributed by atoms with E-state index in [-0.39, 0.29) is 17.5 Å². The minimum Gasteiger partial charge on any atom is -0.508 e. The van der Waals surface area contributed by atoms with Gasteiger partial charge < -0.3 is 10.4 Å². The van der Waals surface area contributed by atoms with Gasteiger partial charge in [-0.2, -0.15) is 0 Å². The number of nitrogens with one attached hydrogen (secondary N) is 1. The molecule has 0 amide bonds. The van der Waals surface area contributed by atoms with E-state index in [2.05, 4.69) is 10.3 Å². The summed E-state index contributed by atoms with van der Waals surface area (Å²) in [4.78, 5) is 16.2. The molecular formula is C11H13N3O2. The number of benzene rings is 1. The van der Waals surface area contributed by atoms with Crippen LogP contribution in [0, 0.1) is 0 Å². The van der Waals surface area contributed by atoms with Gasteiger partial charge in [0.15, 0.2) is 0 Å². The van der Waals surface area contributed by atoms with Crippen LogP contribution in [-0.2, 0) is 0 Å². The Morgan fingerprint density at radius 2 is 2.25 bits per heavy atom. The van der Waals surface area contributed by atoms with Gasteiger partial charge in [-0.1, -0.05) is 0 Å². The molecule has 0 radical (unpaired) electrons. The predicted molar refractivity (Wildman–Crippen MR) is 61.4 cm³/mol. The van der Waals surface area contributed by atoms with Crippen molar-refractivity contribution < 1.29 is 5.11 Å². The molecule has 1 aromatic carbocycles. The molecule has 16 heavy (non-hydrogen) atoms. The summed E-state index contributed by atoms with van der Waals surface area (Å²) in [5.74, 6) is 0.0706. The fourth-order valence-electron chi connectivity index (χ4n) is 1.54. The average molecular weight is 219 g/mol. The number of fused-ring (bicyclic) bond motifs is 1. The monoisotopic (exact) mass is 219 g/mol. The summed E-state index contributed by atoms with van der Waals surface area (Å²) in [5, 5.41) is 12.7. The lowest BCUT2D eigenvalue weighted by Crippen LogP contribution is -2.30. The molecule has 1 unspecified atom stereocenters. The van der Waals surface area contributed by atoms with Gasteiger partial charge in [-0.3, -0.25) is 9.36 Å². The average Bonchev–Trinajstić information content (AvgIpc) is 2.29. The van der Waals surface area contributed by atoms with Gasteiger partial charge in [0.05, 0.1) is 23.4 Å². The van der Waals surface area contributed by atoms with Crippen molar-refractivity contribution in [3.63, 3.8) is 0 Å². The number of hydrogen-bond acceptors (Lipinski definition) is 4. The van der Waals surface area contributed by atoms with Crippen LogP contribution in [0.5, 0.6) is 5.75 Å². The highest BCUT2D eigenvalue weighted by Crippen LogP contribution is 2.14. The summed E-state index contributed by atoms with van der Waals surface area (Å²) in [6, 6.07) is 4.57. The first-order chi connectivity index (χ1) is 7.63. The fraction of sp³-hybridized carbons (Fsp3) is 0.273. The van der Waals surface area contributed by atoms with Crippen LogP contribution >= 0.6 is 0 Å². The number of phenols is 1. The molecule has 1 heterocycles. The third-order valence-electron chi connectivity index (χ3n) is 2.60. The number of aromatic hydroxyl groups is 1. The zero-order valence-corrected chi connectivity index (χ0v) is 9.14. The van der Waals surface area contributed by atoms with E-state index in [0.29, 0.717) is 10.9 Å². The lowest BCUT2D eigenvalue weighted by molar-refractivity contribution is 0.459. The van der Waals surface area contributed by atoms with Crippen LogP contribution in [0.1, 0.15) is 13.1 Å². The molecule has 0 fully saturated rings. The predicted octanol–water partition coefficient (Wildman–Crippen LogP) is 0.840. The van der Waals surface area contributed by atoms with Gasteiger partial charge in [-0.25, -0.2) is 4.98 Å². The van der Waals surface area contributed by atoms with Gasteiger partial charge in [0.25, 0.3) is 5.56 Å². The Balaban J connectivity index is 2.73. The molecule has 0 saturated carbocycles. The first kappa shape index (κ1) is 10.6. The summed E-state index contributed by atoms with van der Waals surface area (Å²) < 4.78 is 1.49. The van der Waals surface area contributed by atoms with E-state index >= 15 is 0 Å². The minimum atomic E-state index is -0.164. The Hall–Kier alpha value is -1.88. The molecule has 2 rings (SSSR count). The SMILES string of the molecule is CNC(C)n1cnc2ccc(O)cc2c1=O. The van der Waals surface area contributed by atoms with Crippen molar-refractivity contribution in [3.8, 4) is 5.75 Å². The van der Waals surface area contributed by atoms with E-state index in [1.165, 1.54) is 23.0 Å². The zero-order chi connectivity index (χ0) is 11.7. The van der Waals surface area contributed by atoms with Crippen LogP contribution in [0.25, 0.3) is 10.9 Å². The molecule has 0 saturated heterocycles. The normalized spacial score (nSPS) is 12.9. The van der Waals surface area contributed by atoms with Crippen molar-refractivity contribution in [2.75, 3.05) is 7.05 Å². The van der Waals surface area contributed by atoms with E-state index in [1.807, 2.05) is 6.92 Å². The molecule has 84 valence electrons. The number of rotatable bonds is 2. The lowest BCUT2D eigenvalue weighted by Gasteiger charge is -2.13. The highest BCUT2D eigenvalue weighted by atomic mass is 16.3. The molecule has 5 heteroatoms.